The number of amides is 2. The molecule has 2 aromatic rings. The molecular weight excluding hydrogens is 398 g/mol. The zero-order valence-corrected chi connectivity index (χ0v) is 17.3. The molecule has 1 aromatic heterocycles. The second-order valence-electron chi connectivity index (χ2n) is 6.44. The van der Waals surface area contributed by atoms with Crippen molar-refractivity contribution < 1.29 is 14.3 Å². The zero-order valence-electron chi connectivity index (χ0n) is 15.7. The third-order valence-corrected chi connectivity index (χ3v) is 5.62. The highest BCUT2D eigenvalue weighted by Gasteiger charge is 2.21. The second kappa shape index (κ2) is 11.0. The number of ether oxygens (including phenoxy) is 1. The van der Waals surface area contributed by atoms with Gasteiger partial charge < -0.3 is 20.7 Å². The van der Waals surface area contributed by atoms with Crippen LogP contribution < -0.4 is 15.8 Å². The summed E-state index contributed by atoms with van der Waals surface area (Å²) < 4.78 is 5.78. The average molecular weight is 424 g/mol. The second-order valence-corrected chi connectivity index (χ2v) is 7.50. The van der Waals surface area contributed by atoms with Gasteiger partial charge in [-0.2, -0.15) is 0 Å². The van der Waals surface area contributed by atoms with Crippen molar-refractivity contribution in [2.45, 2.75) is 19.3 Å². The highest BCUT2D eigenvalue weighted by atomic mass is 35.5. The number of hydrogen-bond acceptors (Lipinski definition) is 5. The first-order chi connectivity index (χ1) is 13.2. The smallest absolute Gasteiger partial charge is 0.265 e. The molecule has 2 heterocycles. The van der Waals surface area contributed by atoms with E-state index in [1.165, 1.54) is 17.8 Å². The van der Waals surface area contributed by atoms with Gasteiger partial charge in [-0.1, -0.05) is 30.3 Å². The van der Waals surface area contributed by atoms with Crippen LogP contribution in [0.2, 0.25) is 0 Å². The third kappa shape index (κ3) is 5.70. The summed E-state index contributed by atoms with van der Waals surface area (Å²) in [5.74, 6) is 0.183. The minimum absolute atomic E-state index is 0. The molecular formula is C20H26ClN3O3S. The SMILES string of the molecule is Cl.NCCNC(=O)c1sc(-c2ccccc2)cc1OCC(=O)N1CCCCC1. The van der Waals surface area contributed by atoms with E-state index < -0.39 is 0 Å². The molecule has 1 saturated heterocycles. The third-order valence-electron chi connectivity index (χ3n) is 4.45. The number of piperidine rings is 1. The number of carbonyl (C=O) groups is 2. The van der Waals surface area contributed by atoms with Crippen LogP contribution >= 0.6 is 23.7 Å². The number of nitrogens with one attached hydrogen (secondary N) is 1. The summed E-state index contributed by atoms with van der Waals surface area (Å²) in [7, 11) is 0. The number of halogens is 1. The Morgan fingerprint density at radius 1 is 1.14 bits per heavy atom. The Morgan fingerprint density at radius 2 is 1.86 bits per heavy atom. The number of thiophene rings is 1. The number of nitrogens with two attached hydrogens (primary N) is 1. The quantitative estimate of drug-likeness (QED) is 0.717. The molecule has 1 aliphatic rings. The summed E-state index contributed by atoms with van der Waals surface area (Å²) in [6.07, 6.45) is 3.24. The fourth-order valence-electron chi connectivity index (χ4n) is 3.02. The molecule has 3 rings (SSSR count). The van der Waals surface area contributed by atoms with Crippen molar-refractivity contribution in [1.82, 2.24) is 10.2 Å². The maximum atomic E-state index is 12.5. The fourth-order valence-corrected chi connectivity index (χ4v) is 4.05. The standard InChI is InChI=1S/C20H25N3O3S.ClH/c21-9-10-22-20(25)19-16(13-17(27-19)15-7-3-1-4-8-15)26-14-18(24)23-11-5-2-6-12-23;/h1,3-4,7-8,13H,2,5-6,9-12,14,21H2,(H,22,25);1H. The van der Waals surface area contributed by atoms with Crippen molar-refractivity contribution in [3.63, 3.8) is 0 Å². The lowest BCUT2D eigenvalue weighted by Gasteiger charge is -2.26. The van der Waals surface area contributed by atoms with Gasteiger partial charge >= 0.3 is 0 Å². The van der Waals surface area contributed by atoms with Crippen LogP contribution in [0.5, 0.6) is 5.75 Å². The Balaban J connectivity index is 0.00000280. The highest BCUT2D eigenvalue weighted by Crippen LogP contribution is 2.36. The number of benzene rings is 1. The van der Waals surface area contributed by atoms with Crippen molar-refractivity contribution in [2.24, 2.45) is 5.73 Å². The Kier molecular flexibility index (Phi) is 8.76. The van der Waals surface area contributed by atoms with Crippen molar-refractivity contribution >= 4 is 35.6 Å². The van der Waals surface area contributed by atoms with Gasteiger partial charge in [-0.25, -0.2) is 0 Å². The van der Waals surface area contributed by atoms with E-state index in [2.05, 4.69) is 5.32 Å². The summed E-state index contributed by atoms with van der Waals surface area (Å²) in [4.78, 5) is 28.1. The van der Waals surface area contributed by atoms with Gasteiger partial charge in [-0.05, 0) is 30.9 Å². The molecule has 0 saturated carbocycles. The van der Waals surface area contributed by atoms with Crippen LogP contribution in [0, 0.1) is 0 Å². The summed E-state index contributed by atoms with van der Waals surface area (Å²) in [5.41, 5.74) is 6.48. The Hall–Kier alpha value is -2.09. The molecule has 0 atom stereocenters. The summed E-state index contributed by atoms with van der Waals surface area (Å²) in [6.45, 7) is 2.27. The molecule has 8 heteroatoms. The van der Waals surface area contributed by atoms with E-state index in [1.54, 1.807) is 0 Å². The summed E-state index contributed by atoms with van der Waals surface area (Å²) in [5, 5.41) is 2.78. The number of carbonyl (C=O) groups excluding carboxylic acids is 2. The highest BCUT2D eigenvalue weighted by molar-refractivity contribution is 7.17. The van der Waals surface area contributed by atoms with Crippen molar-refractivity contribution in [3.8, 4) is 16.2 Å². The lowest BCUT2D eigenvalue weighted by Crippen LogP contribution is -2.38. The summed E-state index contributed by atoms with van der Waals surface area (Å²) in [6, 6.07) is 11.6. The molecule has 1 fully saturated rings. The number of nitrogens with zero attached hydrogens (tertiary/aromatic N) is 1. The Labute approximate surface area is 175 Å². The van der Waals surface area contributed by atoms with Gasteiger partial charge in [0.05, 0.1) is 0 Å². The maximum absolute atomic E-state index is 12.5. The van der Waals surface area contributed by atoms with E-state index in [0.29, 0.717) is 23.7 Å². The molecule has 6 nitrogen and oxygen atoms in total. The molecule has 3 N–H and O–H groups in total. The maximum Gasteiger partial charge on any atom is 0.265 e. The molecule has 0 radical (unpaired) electrons. The van der Waals surface area contributed by atoms with Gasteiger partial charge in [0, 0.05) is 31.1 Å². The molecule has 0 aliphatic carbocycles. The first-order valence-electron chi connectivity index (χ1n) is 9.27. The van der Waals surface area contributed by atoms with Crippen molar-refractivity contribution in [2.75, 3.05) is 32.8 Å². The van der Waals surface area contributed by atoms with Gasteiger partial charge in [0.1, 0.15) is 10.6 Å². The van der Waals surface area contributed by atoms with Gasteiger partial charge in [0.25, 0.3) is 11.8 Å². The molecule has 1 aromatic carbocycles. The minimum Gasteiger partial charge on any atom is -0.482 e. The van der Waals surface area contributed by atoms with Gasteiger partial charge in [-0.15, -0.1) is 23.7 Å². The molecule has 1 aliphatic heterocycles. The first kappa shape index (κ1) is 22.2. The summed E-state index contributed by atoms with van der Waals surface area (Å²) >= 11 is 1.36. The van der Waals surface area contributed by atoms with Gasteiger partial charge in [0.15, 0.2) is 6.61 Å². The molecule has 152 valence electrons. The molecule has 0 bridgehead atoms. The Bertz CT molecular complexity index is 776. The molecule has 0 unspecified atom stereocenters. The van der Waals surface area contributed by atoms with Crippen molar-refractivity contribution in [3.05, 3.63) is 41.3 Å². The van der Waals surface area contributed by atoms with E-state index in [9.17, 15) is 9.59 Å². The van der Waals surface area contributed by atoms with Gasteiger partial charge in [0.2, 0.25) is 0 Å². The van der Waals surface area contributed by atoms with Crippen molar-refractivity contribution in [1.29, 1.82) is 0 Å². The van der Waals surface area contributed by atoms with Crippen LogP contribution in [0.1, 0.15) is 28.9 Å². The number of hydrogen-bond donors (Lipinski definition) is 2. The van der Waals surface area contributed by atoms with E-state index >= 15 is 0 Å². The van der Waals surface area contributed by atoms with Crippen LogP contribution in [-0.4, -0.2) is 49.5 Å². The predicted octanol–water partition coefficient (Wildman–Crippen LogP) is 2.92. The molecule has 28 heavy (non-hydrogen) atoms. The molecule has 2 amide bonds. The van der Waals surface area contributed by atoms with E-state index in [4.69, 9.17) is 10.5 Å². The lowest BCUT2D eigenvalue weighted by atomic mass is 10.1. The van der Waals surface area contributed by atoms with Crippen LogP contribution in [0.3, 0.4) is 0 Å². The first-order valence-corrected chi connectivity index (χ1v) is 10.1. The van der Waals surface area contributed by atoms with E-state index in [0.717, 1.165) is 36.4 Å². The van der Waals surface area contributed by atoms with E-state index in [1.807, 2.05) is 41.3 Å². The number of likely N-dealkylation sites (tertiary alicyclic amines) is 1. The zero-order chi connectivity index (χ0) is 19.1. The monoisotopic (exact) mass is 423 g/mol. The largest absolute Gasteiger partial charge is 0.482 e. The fraction of sp³-hybridized carbons (Fsp3) is 0.400. The minimum atomic E-state index is -0.229. The van der Waals surface area contributed by atoms with Crippen LogP contribution in [0.25, 0.3) is 10.4 Å². The number of rotatable bonds is 7. The van der Waals surface area contributed by atoms with Crippen LogP contribution in [-0.2, 0) is 4.79 Å². The lowest BCUT2D eigenvalue weighted by molar-refractivity contribution is -0.134. The van der Waals surface area contributed by atoms with Gasteiger partial charge in [-0.3, -0.25) is 9.59 Å². The van der Waals surface area contributed by atoms with Crippen LogP contribution in [0.4, 0.5) is 0 Å². The Morgan fingerprint density at radius 3 is 2.54 bits per heavy atom. The normalized spacial score (nSPS) is 13.5. The molecule has 0 spiro atoms. The van der Waals surface area contributed by atoms with Crippen LogP contribution in [0.15, 0.2) is 36.4 Å². The van der Waals surface area contributed by atoms with E-state index in [-0.39, 0.29) is 30.8 Å². The predicted molar refractivity (Wildman–Crippen MR) is 114 cm³/mol. The topological polar surface area (TPSA) is 84.7 Å². The average Bonchev–Trinajstić information content (AvgIpc) is 3.16.